The zero-order valence-corrected chi connectivity index (χ0v) is 12.7. The molecule has 0 unspecified atom stereocenters. The number of carbonyl (C=O) groups excluding carboxylic acids is 2. The summed E-state index contributed by atoms with van der Waals surface area (Å²) in [6.45, 7) is 4.78. The molecule has 0 atom stereocenters. The van der Waals surface area contributed by atoms with Crippen LogP contribution < -0.4 is 5.32 Å². The van der Waals surface area contributed by atoms with Crippen LogP contribution in [0.15, 0.2) is 16.6 Å². The van der Waals surface area contributed by atoms with Crippen molar-refractivity contribution in [2.24, 2.45) is 0 Å². The number of aryl methyl sites for hydroxylation is 2. The minimum Gasteiger partial charge on any atom is -0.333 e. The molecule has 1 aromatic rings. The third kappa shape index (κ3) is 3.35. The van der Waals surface area contributed by atoms with Gasteiger partial charge < -0.3 is 10.2 Å². The third-order valence-electron chi connectivity index (χ3n) is 3.20. The van der Waals surface area contributed by atoms with Crippen LogP contribution in [-0.4, -0.2) is 29.8 Å². The summed E-state index contributed by atoms with van der Waals surface area (Å²) in [5, 5.41) is 2.87. The van der Waals surface area contributed by atoms with Gasteiger partial charge >= 0.3 is 0 Å². The molecule has 1 aliphatic heterocycles. The molecule has 1 aromatic carbocycles. The topological polar surface area (TPSA) is 49.4 Å². The summed E-state index contributed by atoms with van der Waals surface area (Å²) in [7, 11) is 0. The van der Waals surface area contributed by atoms with Crippen LogP contribution in [0.2, 0.25) is 0 Å². The van der Waals surface area contributed by atoms with E-state index >= 15 is 0 Å². The van der Waals surface area contributed by atoms with Gasteiger partial charge in [-0.3, -0.25) is 9.59 Å². The highest BCUT2D eigenvalue weighted by Gasteiger charge is 2.22. The zero-order valence-electron chi connectivity index (χ0n) is 11.1. The predicted octanol–water partition coefficient (Wildman–Crippen LogP) is 2.63. The van der Waals surface area contributed by atoms with Crippen LogP contribution in [0.25, 0.3) is 0 Å². The number of nitrogens with one attached hydrogen (secondary N) is 1. The minimum absolute atomic E-state index is 0.0647. The summed E-state index contributed by atoms with van der Waals surface area (Å²) in [5.41, 5.74) is 2.92. The van der Waals surface area contributed by atoms with E-state index in [-0.39, 0.29) is 18.4 Å². The molecule has 4 nitrogen and oxygen atoms in total. The lowest BCUT2D eigenvalue weighted by Gasteiger charge is -2.17. The second kappa shape index (κ2) is 5.74. The number of likely N-dealkylation sites (tertiary alicyclic amines) is 1. The van der Waals surface area contributed by atoms with Crippen LogP contribution in [0.4, 0.5) is 5.69 Å². The molecule has 1 N–H and O–H groups in total. The average molecular weight is 325 g/mol. The fraction of sp³-hybridized carbons (Fsp3) is 0.429. The van der Waals surface area contributed by atoms with Crippen LogP contribution in [0.3, 0.4) is 0 Å². The van der Waals surface area contributed by atoms with Crippen molar-refractivity contribution in [3.63, 3.8) is 0 Å². The van der Waals surface area contributed by atoms with Crippen molar-refractivity contribution in [2.45, 2.75) is 26.7 Å². The number of hydrogen-bond donors (Lipinski definition) is 1. The summed E-state index contributed by atoms with van der Waals surface area (Å²) in [6, 6.07) is 3.98. The van der Waals surface area contributed by atoms with Crippen molar-refractivity contribution in [3.8, 4) is 0 Å². The number of rotatable bonds is 3. The number of nitrogens with zero attached hydrogens (tertiary/aromatic N) is 1. The molecule has 102 valence electrons. The lowest BCUT2D eigenvalue weighted by Crippen LogP contribution is -2.34. The molecule has 0 bridgehead atoms. The van der Waals surface area contributed by atoms with Gasteiger partial charge in [-0.15, -0.1) is 0 Å². The highest BCUT2D eigenvalue weighted by molar-refractivity contribution is 9.10. The summed E-state index contributed by atoms with van der Waals surface area (Å²) in [6.07, 6.45) is 1.40. The van der Waals surface area contributed by atoms with Crippen LogP contribution in [0.1, 0.15) is 24.0 Å². The maximum absolute atomic E-state index is 12.0. The van der Waals surface area contributed by atoms with E-state index < -0.39 is 0 Å². The number of anilines is 1. The summed E-state index contributed by atoms with van der Waals surface area (Å²) in [5.74, 6) is -0.0854. The Morgan fingerprint density at radius 2 is 2.16 bits per heavy atom. The monoisotopic (exact) mass is 324 g/mol. The Labute approximate surface area is 121 Å². The largest absolute Gasteiger partial charge is 0.333 e. The fourth-order valence-electron chi connectivity index (χ4n) is 2.30. The first-order valence-electron chi connectivity index (χ1n) is 6.32. The minimum atomic E-state index is -0.150. The molecule has 5 heteroatoms. The van der Waals surface area contributed by atoms with E-state index in [0.29, 0.717) is 13.0 Å². The summed E-state index contributed by atoms with van der Waals surface area (Å²) in [4.78, 5) is 25.1. The standard InChI is InChI=1S/C14H17BrN2O2/c1-9-6-10(2)14(11(15)7-9)16-12(18)8-17-5-3-4-13(17)19/h6-7H,3-5,8H2,1-2H3,(H,16,18). The SMILES string of the molecule is Cc1cc(C)c(NC(=O)CN2CCCC2=O)c(Br)c1. The fourth-order valence-corrected chi connectivity index (χ4v) is 3.07. The number of amides is 2. The van der Waals surface area contributed by atoms with Gasteiger partial charge in [-0.1, -0.05) is 6.07 Å². The molecule has 19 heavy (non-hydrogen) atoms. The molecule has 1 fully saturated rings. The Bertz CT molecular complexity index is 505. The van der Waals surface area contributed by atoms with Gasteiger partial charge in [0.15, 0.2) is 0 Å². The van der Waals surface area contributed by atoms with E-state index in [4.69, 9.17) is 0 Å². The first-order chi connectivity index (χ1) is 8.97. The van der Waals surface area contributed by atoms with Gasteiger partial charge in [-0.2, -0.15) is 0 Å². The van der Waals surface area contributed by atoms with Crippen LogP contribution in [0.5, 0.6) is 0 Å². The van der Waals surface area contributed by atoms with Crippen molar-refractivity contribution >= 4 is 33.4 Å². The Morgan fingerprint density at radius 1 is 1.42 bits per heavy atom. The second-order valence-corrected chi connectivity index (χ2v) is 5.76. The number of hydrogen-bond acceptors (Lipinski definition) is 2. The second-order valence-electron chi connectivity index (χ2n) is 4.91. The highest BCUT2D eigenvalue weighted by Crippen LogP contribution is 2.27. The number of halogens is 1. The lowest BCUT2D eigenvalue weighted by molar-refractivity contribution is -0.131. The Hall–Kier alpha value is -1.36. The zero-order chi connectivity index (χ0) is 14.0. The van der Waals surface area contributed by atoms with Crippen LogP contribution >= 0.6 is 15.9 Å². The molecule has 0 radical (unpaired) electrons. The molecule has 1 aliphatic rings. The third-order valence-corrected chi connectivity index (χ3v) is 3.83. The van der Waals surface area contributed by atoms with E-state index in [9.17, 15) is 9.59 Å². The van der Waals surface area contributed by atoms with Gasteiger partial charge in [0.2, 0.25) is 11.8 Å². The molecular weight excluding hydrogens is 308 g/mol. The molecule has 2 amide bonds. The van der Waals surface area contributed by atoms with Gasteiger partial charge in [0.1, 0.15) is 0 Å². The molecule has 0 saturated carbocycles. The van der Waals surface area contributed by atoms with E-state index in [2.05, 4.69) is 21.2 Å². The first-order valence-corrected chi connectivity index (χ1v) is 7.11. The van der Waals surface area contributed by atoms with Gasteiger partial charge in [0.25, 0.3) is 0 Å². The molecule has 1 saturated heterocycles. The quantitative estimate of drug-likeness (QED) is 0.929. The van der Waals surface area contributed by atoms with E-state index in [0.717, 1.165) is 27.7 Å². The maximum atomic E-state index is 12.0. The van der Waals surface area contributed by atoms with Gasteiger partial charge in [0, 0.05) is 17.4 Å². The first kappa shape index (κ1) is 14.1. The molecule has 0 aromatic heterocycles. The van der Waals surface area contributed by atoms with E-state index in [1.807, 2.05) is 26.0 Å². The van der Waals surface area contributed by atoms with Crippen molar-refractivity contribution in [3.05, 3.63) is 27.7 Å². The molecule has 1 heterocycles. The van der Waals surface area contributed by atoms with E-state index in [1.54, 1.807) is 4.90 Å². The smallest absolute Gasteiger partial charge is 0.244 e. The van der Waals surface area contributed by atoms with Crippen molar-refractivity contribution in [1.29, 1.82) is 0 Å². The molecule has 0 spiro atoms. The Kier molecular flexibility index (Phi) is 4.24. The number of carbonyl (C=O) groups is 2. The maximum Gasteiger partial charge on any atom is 0.244 e. The van der Waals surface area contributed by atoms with Gasteiger partial charge in [-0.25, -0.2) is 0 Å². The Morgan fingerprint density at radius 3 is 2.74 bits per heavy atom. The van der Waals surface area contributed by atoms with Crippen molar-refractivity contribution in [1.82, 2.24) is 4.90 Å². The Balaban J connectivity index is 2.05. The van der Waals surface area contributed by atoms with Crippen molar-refractivity contribution in [2.75, 3.05) is 18.4 Å². The number of benzene rings is 1. The van der Waals surface area contributed by atoms with Gasteiger partial charge in [-0.05, 0) is 53.4 Å². The predicted molar refractivity (Wildman–Crippen MR) is 78.1 cm³/mol. The molecule has 0 aliphatic carbocycles. The van der Waals surface area contributed by atoms with Crippen molar-refractivity contribution < 1.29 is 9.59 Å². The summed E-state index contributed by atoms with van der Waals surface area (Å²) >= 11 is 3.46. The van der Waals surface area contributed by atoms with Crippen LogP contribution in [0, 0.1) is 13.8 Å². The molecule has 2 rings (SSSR count). The normalized spacial score (nSPS) is 14.9. The lowest BCUT2D eigenvalue weighted by atomic mass is 10.1. The highest BCUT2D eigenvalue weighted by atomic mass is 79.9. The molecular formula is C14H17BrN2O2. The summed E-state index contributed by atoms with van der Waals surface area (Å²) < 4.78 is 0.867. The van der Waals surface area contributed by atoms with E-state index in [1.165, 1.54) is 0 Å². The van der Waals surface area contributed by atoms with Gasteiger partial charge in [0.05, 0.1) is 12.2 Å². The van der Waals surface area contributed by atoms with Crippen LogP contribution in [-0.2, 0) is 9.59 Å². The average Bonchev–Trinajstić information content (AvgIpc) is 2.69.